The molecule has 0 amide bonds. The van der Waals surface area contributed by atoms with Gasteiger partial charge in [0, 0.05) is 37.9 Å². The minimum Gasteiger partial charge on any atom is -0.463 e. The van der Waals surface area contributed by atoms with Crippen LogP contribution in [0.15, 0.2) is 0 Å². The molecule has 1 heterocycles. The Morgan fingerprint density at radius 3 is 2.42 bits per heavy atom. The van der Waals surface area contributed by atoms with Gasteiger partial charge in [-0.15, -0.1) is 0 Å². The van der Waals surface area contributed by atoms with E-state index in [-0.39, 0.29) is 0 Å². The standard InChI is InChI=1S/C18H34O6/c1-2-3-4-5-6-7-8-9-10-11-16(21)23-13-15(20)18-17(22)14(19)12-24-18/h14-15,17-20,22H,2-13H2,1H3/t14-,15+,17+,18+/m0/s1/i1D3,2D2,3D2,4D2,5D2,6D2,7D2,8D2,9D2,10D2,11D2. The highest BCUT2D eigenvalue weighted by atomic mass is 16.6. The van der Waals surface area contributed by atoms with Crippen LogP contribution in [0, 0.1) is 0 Å². The zero-order chi connectivity index (χ0) is 38.2. The maximum atomic E-state index is 12.6. The first-order valence-corrected chi connectivity index (χ1v) is 6.56. The van der Waals surface area contributed by atoms with Crippen LogP contribution < -0.4 is 0 Å². The summed E-state index contributed by atoms with van der Waals surface area (Å²) < 4.78 is 190. The number of aliphatic hydroxyl groups is 3. The Balaban J connectivity index is 3.60. The second-order valence-corrected chi connectivity index (χ2v) is 4.27. The zero-order valence-electron chi connectivity index (χ0n) is 35.3. The highest BCUT2D eigenvalue weighted by molar-refractivity contribution is 5.69. The average molecular weight is 370 g/mol. The van der Waals surface area contributed by atoms with Crippen molar-refractivity contribution in [3.63, 3.8) is 0 Å². The molecular formula is C18H34O6. The summed E-state index contributed by atoms with van der Waals surface area (Å²) in [6.07, 6.45) is -53.5. The fraction of sp³-hybridized carbons (Fsp3) is 0.944. The number of rotatable bonds is 13. The molecule has 0 saturated carbocycles. The highest BCUT2D eigenvalue weighted by Gasteiger charge is 2.39. The molecule has 24 heavy (non-hydrogen) atoms. The molecule has 1 saturated heterocycles. The Labute approximate surface area is 177 Å². The third-order valence-electron chi connectivity index (χ3n) is 2.62. The van der Waals surface area contributed by atoms with E-state index < -0.39 is 114 Å². The highest BCUT2D eigenvalue weighted by Crippen LogP contribution is 2.18. The van der Waals surface area contributed by atoms with Crippen molar-refractivity contribution in [3.8, 4) is 0 Å². The maximum absolute atomic E-state index is 12.6. The topological polar surface area (TPSA) is 96.2 Å². The molecule has 3 N–H and O–H groups in total. The van der Waals surface area contributed by atoms with Crippen molar-refractivity contribution in [2.45, 2.75) is 95.0 Å². The van der Waals surface area contributed by atoms with Gasteiger partial charge in [0.25, 0.3) is 0 Å². The van der Waals surface area contributed by atoms with Crippen molar-refractivity contribution in [2.24, 2.45) is 0 Å². The van der Waals surface area contributed by atoms with Crippen LogP contribution in [0.3, 0.4) is 0 Å². The Morgan fingerprint density at radius 2 is 1.83 bits per heavy atom. The van der Waals surface area contributed by atoms with Crippen LogP contribution in [0.4, 0.5) is 0 Å². The first kappa shape index (κ1) is 5.41. The summed E-state index contributed by atoms with van der Waals surface area (Å²) in [7, 11) is 0. The minimum atomic E-state index is -4.89. The molecule has 4 atom stereocenters. The summed E-state index contributed by atoms with van der Waals surface area (Å²) in [5.41, 5.74) is 0. The SMILES string of the molecule is [2H]C([2H])([2H])C([2H])([2H])C([2H])([2H])C([2H])([2H])C([2H])([2H])C([2H])([2H])C([2H])([2H])C([2H])([2H])C([2H])([2H])C([2H])([2H])C([2H])([2H])C(=O)OC[C@@H](O)[C@H]1OC[C@H](O)[C@H]1O. The van der Waals surface area contributed by atoms with Crippen molar-refractivity contribution in [3.05, 3.63) is 0 Å². The van der Waals surface area contributed by atoms with Gasteiger partial charge in [-0.1, -0.05) is 57.8 Å². The fourth-order valence-electron chi connectivity index (χ4n) is 1.56. The number of hydrogen-bond donors (Lipinski definition) is 3. The molecule has 0 unspecified atom stereocenters. The molecule has 6 nitrogen and oxygen atoms in total. The van der Waals surface area contributed by atoms with Gasteiger partial charge in [0.1, 0.15) is 31.0 Å². The van der Waals surface area contributed by atoms with Gasteiger partial charge in [0.15, 0.2) is 0 Å². The molecule has 0 radical (unpaired) electrons. The van der Waals surface area contributed by atoms with Crippen LogP contribution in [-0.2, 0) is 14.3 Å². The number of carbonyl (C=O) groups excluding carboxylic acids is 1. The van der Waals surface area contributed by atoms with Crippen molar-refractivity contribution in [1.82, 2.24) is 0 Å². The molecule has 1 aliphatic heterocycles. The van der Waals surface area contributed by atoms with Gasteiger partial charge in [-0.05, 0) is 6.37 Å². The van der Waals surface area contributed by atoms with Crippen LogP contribution in [0.5, 0.6) is 0 Å². The molecule has 0 aromatic rings. The van der Waals surface area contributed by atoms with E-state index in [0.29, 0.717) is 0 Å². The number of aliphatic hydroxyl groups excluding tert-OH is 3. The van der Waals surface area contributed by atoms with E-state index in [9.17, 15) is 20.1 Å². The molecule has 1 aliphatic rings. The largest absolute Gasteiger partial charge is 0.463 e. The molecule has 0 bridgehead atoms. The second-order valence-electron chi connectivity index (χ2n) is 4.27. The third-order valence-corrected chi connectivity index (χ3v) is 2.62. The Hall–Kier alpha value is -0.690. The molecule has 6 heteroatoms. The Kier molecular flexibility index (Phi) is 2.85. The van der Waals surface area contributed by atoms with E-state index >= 15 is 0 Å². The number of esters is 1. The smallest absolute Gasteiger partial charge is 0.305 e. The van der Waals surface area contributed by atoms with Gasteiger partial charge >= 0.3 is 5.97 Å². The summed E-state index contributed by atoms with van der Waals surface area (Å²) in [4.78, 5) is 12.6. The monoisotopic (exact) mass is 369 g/mol. The van der Waals surface area contributed by atoms with Crippen LogP contribution in [-0.4, -0.2) is 58.9 Å². The lowest BCUT2D eigenvalue weighted by Gasteiger charge is -2.20. The normalized spacial score (nSPS) is 45.6. The number of ether oxygens (including phenoxy) is 2. The molecule has 142 valence electrons. The Bertz CT molecular complexity index is 1150. The summed E-state index contributed by atoms with van der Waals surface area (Å²) in [6, 6.07) is 0. The maximum Gasteiger partial charge on any atom is 0.305 e. The first-order valence-electron chi connectivity index (χ1n) is 18.1. The van der Waals surface area contributed by atoms with Crippen LogP contribution in [0.2, 0.25) is 0 Å². The van der Waals surface area contributed by atoms with Crippen LogP contribution >= 0.6 is 0 Å². The van der Waals surface area contributed by atoms with E-state index in [2.05, 4.69) is 4.74 Å². The predicted octanol–water partition coefficient (Wildman–Crippen LogP) is 1.93. The molecule has 1 rings (SSSR count). The lowest BCUT2D eigenvalue weighted by atomic mass is 10.1. The lowest BCUT2D eigenvalue weighted by molar-refractivity contribution is -0.151. The summed E-state index contributed by atoms with van der Waals surface area (Å²) in [6.45, 7) is -5.78. The summed E-state index contributed by atoms with van der Waals surface area (Å²) in [5, 5.41) is 29.3. The van der Waals surface area contributed by atoms with Crippen LogP contribution in [0.25, 0.3) is 0 Å². The molecule has 0 spiro atoms. The fourth-order valence-corrected chi connectivity index (χ4v) is 1.56. The molecular weight excluding hydrogens is 312 g/mol. The summed E-state index contributed by atoms with van der Waals surface area (Å²) in [5.74, 6) is -2.36. The predicted molar refractivity (Wildman–Crippen MR) is 90.6 cm³/mol. The van der Waals surface area contributed by atoms with E-state index in [1.54, 1.807) is 0 Å². The third kappa shape index (κ3) is 8.42. The molecule has 0 aliphatic carbocycles. The van der Waals surface area contributed by atoms with Crippen molar-refractivity contribution in [1.29, 1.82) is 0 Å². The first-order chi connectivity index (χ1) is 20.2. The van der Waals surface area contributed by atoms with Gasteiger partial charge in [-0.25, -0.2) is 0 Å². The lowest BCUT2D eigenvalue weighted by Crippen LogP contribution is -2.41. The van der Waals surface area contributed by atoms with Gasteiger partial charge in [0.05, 0.1) is 6.61 Å². The quantitative estimate of drug-likeness (QED) is 0.429. The van der Waals surface area contributed by atoms with Crippen LogP contribution in [0.1, 0.15) is 102 Å². The number of carbonyl (C=O) groups is 1. The molecule has 0 aromatic carbocycles. The van der Waals surface area contributed by atoms with E-state index in [0.717, 1.165) is 0 Å². The van der Waals surface area contributed by atoms with Gasteiger partial charge in [-0.3, -0.25) is 4.79 Å². The van der Waals surface area contributed by atoms with Crippen molar-refractivity contribution in [2.75, 3.05) is 13.2 Å². The molecule has 1 fully saturated rings. The van der Waals surface area contributed by atoms with Crippen molar-refractivity contribution >= 4 is 5.97 Å². The van der Waals surface area contributed by atoms with E-state index in [4.69, 9.17) is 36.3 Å². The summed E-state index contributed by atoms with van der Waals surface area (Å²) >= 11 is 0. The van der Waals surface area contributed by atoms with Crippen molar-refractivity contribution < 1.29 is 61.1 Å². The van der Waals surface area contributed by atoms with Gasteiger partial charge < -0.3 is 24.8 Å². The van der Waals surface area contributed by atoms with E-state index in [1.807, 2.05) is 0 Å². The van der Waals surface area contributed by atoms with Gasteiger partial charge in [0.2, 0.25) is 0 Å². The second kappa shape index (κ2) is 12.6. The Morgan fingerprint density at radius 1 is 1.21 bits per heavy atom. The zero-order valence-corrected chi connectivity index (χ0v) is 12.3. The average Bonchev–Trinajstić information content (AvgIpc) is 3.22. The van der Waals surface area contributed by atoms with E-state index in [1.165, 1.54) is 0 Å². The number of hydrogen-bond acceptors (Lipinski definition) is 6. The van der Waals surface area contributed by atoms with Gasteiger partial charge in [-0.2, -0.15) is 0 Å². The minimum absolute atomic E-state index is 0.471. The molecule has 0 aromatic heterocycles.